The maximum atomic E-state index is 13.6. The number of ether oxygens (including phenoxy) is 2. The van der Waals surface area contributed by atoms with Gasteiger partial charge in [-0.2, -0.15) is 0 Å². The Balaban J connectivity index is 1.77. The number of amides is 1. The second kappa shape index (κ2) is 9.71. The molecule has 1 N–H and O–H groups in total. The highest BCUT2D eigenvalue weighted by atomic mass is 32.1. The van der Waals surface area contributed by atoms with Crippen molar-refractivity contribution in [2.45, 2.75) is 26.4 Å². The molecule has 35 heavy (non-hydrogen) atoms. The van der Waals surface area contributed by atoms with E-state index in [1.165, 1.54) is 30.5 Å². The Labute approximate surface area is 206 Å². The maximum absolute atomic E-state index is 13.6. The van der Waals surface area contributed by atoms with Gasteiger partial charge in [0, 0.05) is 6.54 Å². The molecule has 0 saturated heterocycles. The third-order valence-electron chi connectivity index (χ3n) is 5.80. The Hall–Kier alpha value is -3.98. The fourth-order valence-corrected chi connectivity index (χ4v) is 5.01. The Morgan fingerprint density at radius 3 is 2.43 bits per heavy atom. The van der Waals surface area contributed by atoms with Crippen LogP contribution < -0.4 is 4.74 Å². The highest BCUT2D eigenvalue weighted by Gasteiger charge is 2.44. The van der Waals surface area contributed by atoms with Gasteiger partial charge in [0.25, 0.3) is 5.91 Å². The van der Waals surface area contributed by atoms with Gasteiger partial charge in [0.15, 0.2) is 5.76 Å². The highest BCUT2D eigenvalue weighted by molar-refractivity contribution is 7.14. The van der Waals surface area contributed by atoms with Gasteiger partial charge in [-0.1, -0.05) is 24.3 Å². The molecule has 0 fully saturated rings. The van der Waals surface area contributed by atoms with Gasteiger partial charge in [-0.15, -0.1) is 11.3 Å². The third kappa shape index (κ3) is 4.54. The number of esters is 1. The van der Waals surface area contributed by atoms with Gasteiger partial charge in [0.1, 0.15) is 5.75 Å². The number of rotatable bonds is 7. The second-order valence-electron chi connectivity index (χ2n) is 8.04. The van der Waals surface area contributed by atoms with Crippen LogP contribution in [0.5, 0.6) is 5.75 Å². The number of carbonyl (C=O) groups is 3. The van der Waals surface area contributed by atoms with Gasteiger partial charge < -0.3 is 19.5 Å². The van der Waals surface area contributed by atoms with Crippen LogP contribution in [0.3, 0.4) is 0 Å². The number of benzene rings is 2. The van der Waals surface area contributed by atoms with E-state index in [1.807, 2.05) is 0 Å². The molecule has 3 aromatic rings. The number of hydrogen-bond acceptors (Lipinski definition) is 8. The van der Waals surface area contributed by atoms with Crippen LogP contribution in [0.25, 0.3) is 0 Å². The van der Waals surface area contributed by atoms with Crippen LogP contribution in [0.4, 0.5) is 0 Å². The molecule has 0 bridgehead atoms. The summed E-state index contributed by atoms with van der Waals surface area (Å²) in [6.07, 6.45) is 0. The molecular formula is C26H24N2O6S. The third-order valence-corrected chi connectivity index (χ3v) is 6.87. The Morgan fingerprint density at radius 2 is 1.83 bits per heavy atom. The molecule has 0 saturated carbocycles. The second-order valence-corrected chi connectivity index (χ2v) is 9.24. The van der Waals surface area contributed by atoms with E-state index in [-0.39, 0.29) is 12.1 Å². The molecule has 2 heterocycles. The van der Waals surface area contributed by atoms with Crippen molar-refractivity contribution in [3.63, 3.8) is 0 Å². The van der Waals surface area contributed by atoms with Gasteiger partial charge >= 0.3 is 5.97 Å². The van der Waals surface area contributed by atoms with Crippen molar-refractivity contribution in [1.82, 2.24) is 9.88 Å². The monoisotopic (exact) mass is 492 g/mol. The average molecular weight is 493 g/mol. The molecule has 1 atom stereocenters. The molecule has 180 valence electrons. The van der Waals surface area contributed by atoms with E-state index < -0.39 is 29.5 Å². The van der Waals surface area contributed by atoms with Crippen LogP contribution in [-0.2, 0) is 16.1 Å². The molecule has 9 heteroatoms. The predicted molar refractivity (Wildman–Crippen MR) is 130 cm³/mol. The van der Waals surface area contributed by atoms with E-state index >= 15 is 0 Å². The zero-order chi connectivity index (χ0) is 25.3. The van der Waals surface area contributed by atoms with E-state index in [9.17, 15) is 19.5 Å². The van der Waals surface area contributed by atoms with E-state index in [0.717, 1.165) is 5.01 Å². The average Bonchev–Trinajstić information content (AvgIpc) is 3.33. The van der Waals surface area contributed by atoms with Gasteiger partial charge in [0.2, 0.25) is 5.78 Å². The molecule has 1 aliphatic rings. The molecule has 1 aromatic heterocycles. The Bertz CT molecular complexity index is 1340. The van der Waals surface area contributed by atoms with Gasteiger partial charge in [0.05, 0.1) is 47.0 Å². The number of aliphatic hydroxyl groups excluding tert-OH is 1. The zero-order valence-electron chi connectivity index (χ0n) is 19.7. The predicted octanol–water partition coefficient (Wildman–Crippen LogP) is 4.33. The fraction of sp³-hybridized carbons (Fsp3) is 0.231. The molecule has 1 amide bonds. The summed E-state index contributed by atoms with van der Waals surface area (Å²) in [7, 11) is 2.83. The summed E-state index contributed by atoms with van der Waals surface area (Å²) >= 11 is 1.22. The lowest BCUT2D eigenvalue weighted by atomic mass is 9.94. The number of aryl methyl sites for hydroxylation is 2. The number of ketones is 1. The minimum absolute atomic E-state index is 0.00110. The SMILES string of the molecule is COC(=O)c1ccc(CN2C(=O)C(O)=C(C(=O)c3sc(C)nc3C)C2c2cccc(OC)c2)cc1. The molecule has 1 unspecified atom stereocenters. The van der Waals surface area contributed by atoms with Gasteiger partial charge in [-0.05, 0) is 49.2 Å². The summed E-state index contributed by atoms with van der Waals surface area (Å²) in [6.45, 7) is 3.63. The largest absolute Gasteiger partial charge is 0.503 e. The topological polar surface area (TPSA) is 106 Å². The lowest BCUT2D eigenvalue weighted by molar-refractivity contribution is -0.130. The van der Waals surface area contributed by atoms with Crippen LogP contribution in [-0.4, -0.2) is 46.9 Å². The number of hydrogen-bond donors (Lipinski definition) is 1. The zero-order valence-corrected chi connectivity index (χ0v) is 20.5. The minimum Gasteiger partial charge on any atom is -0.503 e. The Morgan fingerprint density at radius 1 is 1.11 bits per heavy atom. The van der Waals surface area contributed by atoms with Crippen molar-refractivity contribution >= 4 is 29.0 Å². The first-order valence-electron chi connectivity index (χ1n) is 10.8. The number of thiazole rings is 1. The standard InChI is InChI=1S/C26H24N2O6S/c1-14-24(35-15(2)27-14)22(29)20-21(18-6-5-7-19(12-18)33-3)28(25(31)23(20)30)13-16-8-10-17(11-9-16)26(32)34-4/h5-12,21,30H,13H2,1-4H3. The maximum Gasteiger partial charge on any atom is 0.337 e. The fourth-order valence-electron chi connectivity index (χ4n) is 4.13. The van der Waals surface area contributed by atoms with Crippen LogP contribution >= 0.6 is 11.3 Å². The first-order chi connectivity index (χ1) is 16.7. The number of aromatic nitrogens is 1. The van der Waals surface area contributed by atoms with E-state index in [2.05, 4.69) is 4.98 Å². The lowest BCUT2D eigenvalue weighted by Gasteiger charge is -2.27. The van der Waals surface area contributed by atoms with E-state index in [0.29, 0.717) is 33.0 Å². The van der Waals surface area contributed by atoms with Crippen molar-refractivity contribution in [3.05, 3.63) is 92.1 Å². The number of Topliss-reactive ketones (excluding diaryl/α,β-unsaturated/α-hetero) is 1. The summed E-state index contributed by atoms with van der Waals surface area (Å²) in [5.74, 6) is -1.59. The van der Waals surface area contributed by atoms with E-state index in [4.69, 9.17) is 9.47 Å². The number of aliphatic hydroxyl groups is 1. The lowest BCUT2D eigenvalue weighted by Crippen LogP contribution is -2.30. The summed E-state index contributed by atoms with van der Waals surface area (Å²) in [6, 6.07) is 12.8. The van der Waals surface area contributed by atoms with Crippen molar-refractivity contribution in [2.75, 3.05) is 14.2 Å². The first-order valence-corrected chi connectivity index (χ1v) is 11.6. The summed E-state index contributed by atoms with van der Waals surface area (Å²) < 4.78 is 10.1. The summed E-state index contributed by atoms with van der Waals surface area (Å²) in [5, 5.41) is 11.6. The summed E-state index contributed by atoms with van der Waals surface area (Å²) in [4.78, 5) is 44.8. The minimum atomic E-state index is -0.841. The Kier molecular flexibility index (Phi) is 6.70. The van der Waals surface area contributed by atoms with Crippen LogP contribution in [0, 0.1) is 13.8 Å². The number of carbonyl (C=O) groups excluding carboxylic acids is 3. The van der Waals surface area contributed by atoms with Crippen molar-refractivity contribution in [1.29, 1.82) is 0 Å². The van der Waals surface area contributed by atoms with Crippen molar-refractivity contribution < 1.29 is 29.0 Å². The van der Waals surface area contributed by atoms with Crippen LogP contribution in [0.1, 0.15) is 47.9 Å². The van der Waals surface area contributed by atoms with Crippen LogP contribution in [0.2, 0.25) is 0 Å². The van der Waals surface area contributed by atoms with Crippen molar-refractivity contribution in [2.24, 2.45) is 0 Å². The quantitative estimate of drug-likeness (QED) is 0.386. The molecule has 0 aliphatic carbocycles. The molecular weight excluding hydrogens is 468 g/mol. The smallest absolute Gasteiger partial charge is 0.337 e. The highest BCUT2D eigenvalue weighted by Crippen LogP contribution is 2.41. The molecule has 0 spiro atoms. The normalized spacial score (nSPS) is 15.5. The molecule has 8 nitrogen and oxygen atoms in total. The van der Waals surface area contributed by atoms with Gasteiger partial charge in [-0.25, -0.2) is 9.78 Å². The number of nitrogens with zero attached hydrogens (tertiary/aromatic N) is 2. The van der Waals surface area contributed by atoms with Gasteiger partial charge in [-0.3, -0.25) is 9.59 Å². The molecule has 4 rings (SSSR count). The molecule has 0 radical (unpaired) electrons. The molecule has 1 aliphatic heterocycles. The summed E-state index contributed by atoms with van der Waals surface area (Å²) in [5.41, 5.74) is 2.26. The molecule has 2 aromatic carbocycles. The van der Waals surface area contributed by atoms with E-state index in [1.54, 1.807) is 62.4 Å². The van der Waals surface area contributed by atoms with Crippen LogP contribution in [0.15, 0.2) is 59.9 Å². The van der Waals surface area contributed by atoms with Crippen molar-refractivity contribution in [3.8, 4) is 5.75 Å². The number of methoxy groups -OCH3 is 2. The first kappa shape index (κ1) is 24.2.